The zero-order valence-electron chi connectivity index (χ0n) is 18.7. The highest BCUT2D eigenvalue weighted by Gasteiger charge is 2.46. The summed E-state index contributed by atoms with van der Waals surface area (Å²) in [6.07, 6.45) is 7.63. The molecule has 1 heterocycles. The second kappa shape index (κ2) is 7.67. The van der Waals surface area contributed by atoms with Crippen LogP contribution >= 0.6 is 0 Å². The van der Waals surface area contributed by atoms with Gasteiger partial charge >= 0.3 is 0 Å². The van der Waals surface area contributed by atoms with Crippen LogP contribution in [0.3, 0.4) is 0 Å². The first-order chi connectivity index (χ1) is 16.0. The second-order valence-electron chi connectivity index (χ2n) is 9.72. The van der Waals surface area contributed by atoms with E-state index in [0.717, 1.165) is 53.4 Å². The van der Waals surface area contributed by atoms with E-state index in [1.54, 1.807) is 12.1 Å². The molecule has 1 N–H and O–H groups in total. The summed E-state index contributed by atoms with van der Waals surface area (Å²) >= 11 is 0. The first kappa shape index (κ1) is 20.4. The molecular weight excluding hydrogens is 411 g/mol. The van der Waals surface area contributed by atoms with Gasteiger partial charge in [-0.1, -0.05) is 55.0 Å². The molecule has 1 saturated carbocycles. The predicted octanol–water partition coefficient (Wildman–Crippen LogP) is 6.64. The number of aromatic nitrogens is 2. The largest absolute Gasteiger partial charge is 0.388 e. The van der Waals surface area contributed by atoms with E-state index < -0.39 is 6.10 Å². The maximum absolute atomic E-state index is 13.4. The van der Waals surface area contributed by atoms with E-state index in [0.29, 0.717) is 0 Å². The SMILES string of the molecule is C[C@]12Cc3cnn(-c4ccc(F)cc4)c3C=C1CCC[C@@H]2[C@@H](O)c1cccc2ccccc12. The molecule has 0 aliphatic heterocycles. The summed E-state index contributed by atoms with van der Waals surface area (Å²) in [7, 11) is 0. The average molecular weight is 439 g/mol. The minimum atomic E-state index is -0.529. The molecule has 0 saturated heterocycles. The predicted molar refractivity (Wildman–Crippen MR) is 130 cm³/mol. The van der Waals surface area contributed by atoms with Gasteiger partial charge in [-0.05, 0) is 89.3 Å². The van der Waals surface area contributed by atoms with Gasteiger partial charge in [-0.25, -0.2) is 9.07 Å². The van der Waals surface area contributed by atoms with E-state index in [4.69, 9.17) is 0 Å². The first-order valence-corrected chi connectivity index (χ1v) is 11.7. The van der Waals surface area contributed by atoms with Crippen molar-refractivity contribution in [2.24, 2.45) is 11.3 Å². The van der Waals surface area contributed by atoms with Crippen LogP contribution < -0.4 is 0 Å². The van der Waals surface area contributed by atoms with Crippen LogP contribution in [0.2, 0.25) is 0 Å². The maximum Gasteiger partial charge on any atom is 0.123 e. The first-order valence-electron chi connectivity index (χ1n) is 11.7. The Balaban J connectivity index is 1.40. The molecule has 4 aromatic rings. The van der Waals surface area contributed by atoms with E-state index in [2.05, 4.69) is 48.4 Å². The molecule has 3 nitrogen and oxygen atoms in total. The fraction of sp³-hybridized carbons (Fsp3) is 0.276. The summed E-state index contributed by atoms with van der Waals surface area (Å²) < 4.78 is 15.3. The smallest absolute Gasteiger partial charge is 0.123 e. The van der Waals surface area contributed by atoms with Crippen molar-refractivity contribution in [3.63, 3.8) is 0 Å². The molecule has 2 aliphatic carbocycles. The van der Waals surface area contributed by atoms with Crippen LogP contribution in [-0.4, -0.2) is 14.9 Å². The molecule has 3 atom stereocenters. The summed E-state index contributed by atoms with van der Waals surface area (Å²) in [5.41, 5.74) is 5.40. The normalized spacial score (nSPS) is 23.0. The summed E-state index contributed by atoms with van der Waals surface area (Å²) in [4.78, 5) is 0. The summed E-state index contributed by atoms with van der Waals surface area (Å²) in [5, 5.41) is 18.7. The standard InChI is InChI=1S/C29H27FN2O/c1-29-17-20-18-31-32(23-14-12-22(30)13-15-23)27(20)16-21(29)8-5-11-26(29)28(33)25-10-4-7-19-6-2-3-9-24(19)25/h2-4,6-7,9-10,12-16,18,26,28,33H,5,8,11,17H2,1H3/t26-,28+,29+/m1/s1. The van der Waals surface area contributed by atoms with E-state index in [1.807, 2.05) is 23.0 Å². The number of halogens is 1. The molecule has 0 spiro atoms. The van der Waals surface area contributed by atoms with Gasteiger partial charge in [0, 0.05) is 0 Å². The van der Waals surface area contributed by atoms with Crippen LogP contribution in [0.1, 0.15) is 49.1 Å². The molecule has 0 bridgehead atoms. The Labute approximate surface area is 193 Å². The summed E-state index contributed by atoms with van der Waals surface area (Å²) in [6.45, 7) is 2.31. The third-order valence-electron chi connectivity index (χ3n) is 7.86. The lowest BCUT2D eigenvalue weighted by molar-refractivity contribution is 0.0226. The van der Waals surface area contributed by atoms with Crippen LogP contribution in [0.15, 0.2) is 78.5 Å². The van der Waals surface area contributed by atoms with E-state index in [9.17, 15) is 9.50 Å². The molecule has 1 fully saturated rings. The van der Waals surface area contributed by atoms with Gasteiger partial charge in [-0.2, -0.15) is 5.10 Å². The minimum absolute atomic E-state index is 0.127. The van der Waals surface area contributed by atoms with Gasteiger partial charge in [0.1, 0.15) is 5.82 Å². The fourth-order valence-electron chi connectivity index (χ4n) is 6.10. The Hall–Kier alpha value is -3.24. The Kier molecular flexibility index (Phi) is 4.73. The average Bonchev–Trinajstić information content (AvgIpc) is 3.23. The molecule has 2 aliphatic rings. The Bertz CT molecular complexity index is 1360. The molecule has 6 rings (SSSR count). The molecule has 3 aromatic carbocycles. The van der Waals surface area contributed by atoms with Crippen molar-refractivity contribution in [2.75, 3.05) is 0 Å². The zero-order valence-corrected chi connectivity index (χ0v) is 18.7. The highest BCUT2D eigenvalue weighted by molar-refractivity contribution is 5.86. The lowest BCUT2D eigenvalue weighted by Gasteiger charge is -2.48. The molecule has 0 unspecified atom stereocenters. The molecule has 0 amide bonds. The Morgan fingerprint density at radius 2 is 1.85 bits per heavy atom. The van der Waals surface area contributed by atoms with Gasteiger partial charge in [0.25, 0.3) is 0 Å². The molecule has 33 heavy (non-hydrogen) atoms. The van der Waals surface area contributed by atoms with Crippen molar-refractivity contribution in [2.45, 2.75) is 38.7 Å². The topological polar surface area (TPSA) is 38.0 Å². The van der Waals surface area contributed by atoms with Crippen molar-refractivity contribution in [3.05, 3.63) is 101 Å². The van der Waals surface area contributed by atoms with E-state index in [1.165, 1.54) is 23.3 Å². The van der Waals surface area contributed by atoms with Gasteiger partial charge in [0.15, 0.2) is 0 Å². The fourth-order valence-corrected chi connectivity index (χ4v) is 6.10. The highest BCUT2D eigenvalue weighted by atomic mass is 19.1. The van der Waals surface area contributed by atoms with Gasteiger partial charge < -0.3 is 5.11 Å². The number of allylic oxidation sites excluding steroid dienone is 1. The molecule has 0 radical (unpaired) electrons. The third-order valence-corrected chi connectivity index (χ3v) is 7.86. The van der Waals surface area contributed by atoms with Gasteiger partial charge in [0.05, 0.1) is 23.7 Å². The maximum atomic E-state index is 13.4. The van der Waals surface area contributed by atoms with Crippen LogP contribution in [-0.2, 0) is 6.42 Å². The van der Waals surface area contributed by atoms with Gasteiger partial charge in [-0.3, -0.25) is 0 Å². The summed E-state index contributed by atoms with van der Waals surface area (Å²) in [6, 6.07) is 21.0. The van der Waals surface area contributed by atoms with Crippen LogP contribution in [0, 0.1) is 17.2 Å². The minimum Gasteiger partial charge on any atom is -0.388 e. The Morgan fingerprint density at radius 3 is 2.70 bits per heavy atom. The second-order valence-corrected chi connectivity index (χ2v) is 9.72. The number of rotatable bonds is 3. The zero-order chi connectivity index (χ0) is 22.6. The number of hydrogen-bond acceptors (Lipinski definition) is 2. The van der Waals surface area contributed by atoms with E-state index in [-0.39, 0.29) is 17.2 Å². The molecular formula is C29H27FN2O. The molecule has 4 heteroatoms. The quantitative estimate of drug-likeness (QED) is 0.389. The molecule has 166 valence electrons. The van der Waals surface area contributed by atoms with E-state index >= 15 is 0 Å². The molecule has 1 aromatic heterocycles. The number of benzene rings is 3. The van der Waals surface area contributed by atoms with Crippen LogP contribution in [0.5, 0.6) is 0 Å². The van der Waals surface area contributed by atoms with Crippen LogP contribution in [0.4, 0.5) is 4.39 Å². The monoisotopic (exact) mass is 438 g/mol. The lowest BCUT2D eigenvalue weighted by Crippen LogP contribution is -2.40. The van der Waals surface area contributed by atoms with Crippen molar-refractivity contribution in [3.8, 4) is 5.69 Å². The summed E-state index contributed by atoms with van der Waals surface area (Å²) in [5.74, 6) is -0.117. The number of hydrogen-bond donors (Lipinski definition) is 1. The third kappa shape index (κ3) is 3.24. The van der Waals surface area contributed by atoms with Crippen molar-refractivity contribution >= 4 is 16.8 Å². The van der Waals surface area contributed by atoms with Gasteiger partial charge in [0.2, 0.25) is 0 Å². The van der Waals surface area contributed by atoms with Crippen LogP contribution in [0.25, 0.3) is 22.5 Å². The van der Waals surface area contributed by atoms with Crippen molar-refractivity contribution in [1.82, 2.24) is 9.78 Å². The highest BCUT2D eigenvalue weighted by Crippen LogP contribution is 2.55. The number of nitrogens with zero attached hydrogens (tertiary/aromatic N) is 2. The van der Waals surface area contributed by atoms with Gasteiger partial charge in [-0.15, -0.1) is 0 Å². The Morgan fingerprint density at radius 1 is 1.06 bits per heavy atom. The number of fused-ring (bicyclic) bond motifs is 3. The lowest BCUT2D eigenvalue weighted by atomic mass is 9.57. The van der Waals surface area contributed by atoms with Crippen molar-refractivity contribution in [1.29, 1.82) is 0 Å². The van der Waals surface area contributed by atoms with Crippen molar-refractivity contribution < 1.29 is 9.50 Å². The number of aliphatic hydroxyl groups excluding tert-OH is 1. The number of aliphatic hydroxyl groups is 1.